The van der Waals surface area contributed by atoms with E-state index >= 15 is 0 Å². The molecular formula is C16H22N6O2. The molecule has 0 atom stereocenters. The van der Waals surface area contributed by atoms with Crippen molar-refractivity contribution in [2.24, 2.45) is 13.0 Å². The van der Waals surface area contributed by atoms with Crippen molar-refractivity contribution in [3.63, 3.8) is 0 Å². The second-order valence-electron chi connectivity index (χ2n) is 6.19. The molecule has 24 heavy (non-hydrogen) atoms. The molecule has 1 saturated heterocycles. The molecule has 3 heterocycles. The summed E-state index contributed by atoms with van der Waals surface area (Å²) >= 11 is 0. The molecule has 3 rings (SSSR count). The van der Waals surface area contributed by atoms with E-state index < -0.39 is 0 Å². The number of aromatic amines is 1. The van der Waals surface area contributed by atoms with Gasteiger partial charge in [-0.05, 0) is 25.7 Å². The normalized spacial score (nSPS) is 15.5. The van der Waals surface area contributed by atoms with Crippen LogP contribution in [0.2, 0.25) is 0 Å². The van der Waals surface area contributed by atoms with E-state index in [0.29, 0.717) is 18.2 Å². The molecule has 0 unspecified atom stereocenters. The Labute approximate surface area is 139 Å². The summed E-state index contributed by atoms with van der Waals surface area (Å²) in [5.74, 6) is 0.302. The number of carbonyl (C=O) groups excluding carboxylic acids is 1. The SMILES string of the molecule is Cc1[nH]cnc1C(=O)NCC1CCN(c2cnn(C)c(=O)c2)CC1. The molecule has 1 fully saturated rings. The van der Waals surface area contributed by atoms with Gasteiger partial charge in [0.25, 0.3) is 11.5 Å². The van der Waals surface area contributed by atoms with Crippen LogP contribution in [0.1, 0.15) is 29.0 Å². The lowest BCUT2D eigenvalue weighted by atomic mass is 9.96. The summed E-state index contributed by atoms with van der Waals surface area (Å²) < 4.78 is 1.32. The zero-order valence-electron chi connectivity index (χ0n) is 14.0. The molecule has 1 aliphatic heterocycles. The number of aryl methyl sites for hydroxylation is 2. The Bertz CT molecular complexity index is 773. The predicted octanol–water partition coefficient (Wildman–Crippen LogP) is 0.458. The Morgan fingerprint density at radius 1 is 1.42 bits per heavy atom. The van der Waals surface area contributed by atoms with Crippen LogP contribution in [0.4, 0.5) is 5.69 Å². The van der Waals surface area contributed by atoms with E-state index in [1.165, 1.54) is 11.0 Å². The molecule has 2 N–H and O–H groups in total. The van der Waals surface area contributed by atoms with Gasteiger partial charge in [-0.25, -0.2) is 9.67 Å². The number of nitrogens with zero attached hydrogens (tertiary/aromatic N) is 4. The van der Waals surface area contributed by atoms with Crippen LogP contribution in [0.25, 0.3) is 0 Å². The number of rotatable bonds is 4. The van der Waals surface area contributed by atoms with Crippen LogP contribution in [0.15, 0.2) is 23.4 Å². The maximum atomic E-state index is 12.1. The van der Waals surface area contributed by atoms with Crippen molar-refractivity contribution in [1.29, 1.82) is 0 Å². The molecule has 1 aliphatic rings. The van der Waals surface area contributed by atoms with Gasteiger partial charge in [-0.15, -0.1) is 0 Å². The molecule has 8 nitrogen and oxygen atoms in total. The first-order valence-electron chi connectivity index (χ1n) is 8.11. The highest BCUT2D eigenvalue weighted by molar-refractivity contribution is 5.93. The summed E-state index contributed by atoms with van der Waals surface area (Å²) in [4.78, 5) is 32.9. The van der Waals surface area contributed by atoms with E-state index in [-0.39, 0.29) is 11.5 Å². The van der Waals surface area contributed by atoms with Gasteiger partial charge in [-0.1, -0.05) is 0 Å². The first-order chi connectivity index (χ1) is 11.5. The van der Waals surface area contributed by atoms with Crippen molar-refractivity contribution in [1.82, 2.24) is 25.1 Å². The van der Waals surface area contributed by atoms with Gasteiger partial charge < -0.3 is 15.2 Å². The molecule has 0 spiro atoms. The number of piperidine rings is 1. The van der Waals surface area contributed by atoms with Crippen molar-refractivity contribution in [2.75, 3.05) is 24.5 Å². The topological polar surface area (TPSA) is 95.9 Å². The van der Waals surface area contributed by atoms with Gasteiger partial charge in [0.05, 0.1) is 18.2 Å². The van der Waals surface area contributed by atoms with E-state index in [9.17, 15) is 9.59 Å². The average Bonchev–Trinajstić information content (AvgIpc) is 3.02. The van der Waals surface area contributed by atoms with Crippen molar-refractivity contribution in [2.45, 2.75) is 19.8 Å². The van der Waals surface area contributed by atoms with Gasteiger partial charge in [0.2, 0.25) is 0 Å². The van der Waals surface area contributed by atoms with Crippen molar-refractivity contribution in [3.8, 4) is 0 Å². The van der Waals surface area contributed by atoms with Crippen LogP contribution < -0.4 is 15.8 Å². The molecule has 0 bridgehead atoms. The van der Waals surface area contributed by atoms with Crippen LogP contribution in [0.3, 0.4) is 0 Å². The summed E-state index contributed by atoms with van der Waals surface area (Å²) in [7, 11) is 1.64. The van der Waals surface area contributed by atoms with Gasteiger partial charge >= 0.3 is 0 Å². The van der Waals surface area contributed by atoms with Gasteiger partial charge in [-0.3, -0.25) is 9.59 Å². The average molecular weight is 330 g/mol. The van der Waals surface area contributed by atoms with E-state index in [0.717, 1.165) is 37.3 Å². The number of aromatic nitrogens is 4. The van der Waals surface area contributed by atoms with E-state index in [1.54, 1.807) is 19.3 Å². The van der Waals surface area contributed by atoms with Crippen LogP contribution in [0.5, 0.6) is 0 Å². The third kappa shape index (κ3) is 3.47. The molecular weight excluding hydrogens is 308 g/mol. The molecule has 0 aliphatic carbocycles. The molecule has 128 valence electrons. The summed E-state index contributed by atoms with van der Waals surface area (Å²) in [5, 5.41) is 7.03. The first-order valence-corrected chi connectivity index (χ1v) is 8.11. The smallest absolute Gasteiger partial charge is 0.271 e. The van der Waals surface area contributed by atoms with Crippen molar-refractivity contribution in [3.05, 3.63) is 40.3 Å². The Hall–Kier alpha value is -2.64. The Kier molecular flexibility index (Phi) is 4.64. The minimum Gasteiger partial charge on any atom is -0.370 e. The van der Waals surface area contributed by atoms with E-state index in [2.05, 4.69) is 25.3 Å². The number of hydrogen-bond donors (Lipinski definition) is 2. The summed E-state index contributed by atoms with van der Waals surface area (Å²) in [5.41, 5.74) is 2.00. The van der Waals surface area contributed by atoms with Crippen molar-refractivity contribution < 1.29 is 4.79 Å². The lowest BCUT2D eigenvalue weighted by Crippen LogP contribution is -2.39. The van der Waals surface area contributed by atoms with Gasteiger partial charge in [0, 0.05) is 38.4 Å². The maximum Gasteiger partial charge on any atom is 0.271 e. The highest BCUT2D eigenvalue weighted by Gasteiger charge is 2.21. The van der Waals surface area contributed by atoms with Gasteiger partial charge in [0.15, 0.2) is 0 Å². The number of H-pyrrole nitrogens is 1. The molecule has 8 heteroatoms. The molecule has 1 amide bonds. The highest BCUT2D eigenvalue weighted by Crippen LogP contribution is 2.21. The number of imidazole rings is 1. The fourth-order valence-corrected chi connectivity index (χ4v) is 2.94. The van der Waals surface area contributed by atoms with Gasteiger partial charge in [0.1, 0.15) is 5.69 Å². The summed E-state index contributed by atoms with van der Waals surface area (Å²) in [6, 6.07) is 1.62. The summed E-state index contributed by atoms with van der Waals surface area (Å²) in [6.07, 6.45) is 5.19. The third-order valence-electron chi connectivity index (χ3n) is 4.53. The monoisotopic (exact) mass is 330 g/mol. The number of nitrogens with one attached hydrogen (secondary N) is 2. The van der Waals surface area contributed by atoms with E-state index in [4.69, 9.17) is 0 Å². The minimum absolute atomic E-state index is 0.101. The number of amides is 1. The second-order valence-corrected chi connectivity index (χ2v) is 6.19. The predicted molar refractivity (Wildman–Crippen MR) is 90.1 cm³/mol. The summed E-state index contributed by atoms with van der Waals surface area (Å²) in [6.45, 7) is 4.19. The van der Waals surface area contributed by atoms with Crippen molar-refractivity contribution >= 4 is 11.6 Å². The number of hydrogen-bond acceptors (Lipinski definition) is 5. The number of anilines is 1. The van der Waals surface area contributed by atoms with Gasteiger partial charge in [-0.2, -0.15) is 5.10 Å². The van der Waals surface area contributed by atoms with E-state index in [1.807, 2.05) is 6.92 Å². The Morgan fingerprint density at radius 2 is 2.17 bits per heavy atom. The molecule has 0 radical (unpaired) electrons. The van der Waals surface area contributed by atoms with Crippen LogP contribution in [0, 0.1) is 12.8 Å². The lowest BCUT2D eigenvalue weighted by Gasteiger charge is -2.33. The zero-order chi connectivity index (χ0) is 17.1. The van der Waals surface area contributed by atoms with Crippen LogP contribution in [-0.4, -0.2) is 45.3 Å². The largest absolute Gasteiger partial charge is 0.370 e. The minimum atomic E-state index is -0.132. The quantitative estimate of drug-likeness (QED) is 0.849. The fraction of sp³-hybridized carbons (Fsp3) is 0.500. The first kappa shape index (κ1) is 16.2. The zero-order valence-corrected chi connectivity index (χ0v) is 14.0. The molecule has 2 aromatic rings. The maximum absolute atomic E-state index is 12.1. The lowest BCUT2D eigenvalue weighted by molar-refractivity contribution is 0.0940. The molecule has 2 aromatic heterocycles. The van der Waals surface area contributed by atoms with Crippen LogP contribution >= 0.6 is 0 Å². The Balaban J connectivity index is 1.50. The second kappa shape index (κ2) is 6.86. The van der Waals surface area contributed by atoms with Crippen LogP contribution in [-0.2, 0) is 7.05 Å². The Morgan fingerprint density at radius 3 is 2.79 bits per heavy atom. The highest BCUT2D eigenvalue weighted by atomic mass is 16.2. The number of carbonyl (C=O) groups is 1. The standard InChI is InChI=1S/C16H22N6O2/c1-11-15(19-10-18-11)16(24)17-8-12-3-5-22(6-4-12)13-7-14(23)21(2)20-9-13/h7,9-10,12H,3-6,8H2,1-2H3,(H,17,24)(H,18,19). The fourth-order valence-electron chi connectivity index (χ4n) is 2.94. The third-order valence-corrected chi connectivity index (χ3v) is 4.53. The molecule has 0 aromatic carbocycles. The molecule has 0 saturated carbocycles.